The molecule has 5 nitrogen and oxygen atoms in total. The van der Waals surface area contributed by atoms with Crippen molar-refractivity contribution >= 4 is 28.2 Å². The minimum atomic E-state index is -4.49. The molecule has 0 bridgehead atoms. The number of nitriles is 1. The van der Waals surface area contributed by atoms with Crippen molar-refractivity contribution in [2.45, 2.75) is 46.4 Å². The van der Waals surface area contributed by atoms with Crippen LogP contribution < -0.4 is 5.32 Å². The molecule has 9 heteroatoms. The molecule has 0 saturated heterocycles. The Morgan fingerprint density at radius 3 is 2.50 bits per heavy atom. The molecule has 0 spiro atoms. The van der Waals surface area contributed by atoms with Crippen LogP contribution in [0.5, 0.6) is 0 Å². The van der Waals surface area contributed by atoms with Crippen LogP contribution in [0.25, 0.3) is 0 Å². The Kier molecular flexibility index (Phi) is 7.62. The zero-order valence-electron chi connectivity index (χ0n) is 16.7. The van der Waals surface area contributed by atoms with Crippen LogP contribution in [-0.4, -0.2) is 11.9 Å². The van der Waals surface area contributed by atoms with Gasteiger partial charge < -0.3 is 10.1 Å². The maximum absolute atomic E-state index is 12.8. The van der Waals surface area contributed by atoms with Gasteiger partial charge in [-0.1, -0.05) is 26.0 Å². The van der Waals surface area contributed by atoms with E-state index in [0.29, 0.717) is 18.4 Å². The van der Waals surface area contributed by atoms with Gasteiger partial charge in [0.15, 0.2) is 0 Å². The zero-order valence-corrected chi connectivity index (χ0v) is 17.5. The average molecular weight is 438 g/mol. The SMILES string of the molecule is CCC(CC)C(=O)Nc1sc(C(=O)OCc2cccc(C(F)(F)F)c2)c(C)c1C#N. The quantitative estimate of drug-likeness (QED) is 0.564. The summed E-state index contributed by atoms with van der Waals surface area (Å²) in [7, 11) is 0. The molecule has 0 radical (unpaired) electrons. The van der Waals surface area contributed by atoms with Gasteiger partial charge in [0, 0.05) is 5.92 Å². The Morgan fingerprint density at radius 1 is 1.27 bits per heavy atom. The maximum Gasteiger partial charge on any atom is 0.416 e. The molecule has 1 aromatic carbocycles. The van der Waals surface area contributed by atoms with Gasteiger partial charge in [0.05, 0.1) is 11.1 Å². The highest BCUT2D eigenvalue weighted by molar-refractivity contribution is 7.18. The van der Waals surface area contributed by atoms with E-state index in [1.165, 1.54) is 12.1 Å². The van der Waals surface area contributed by atoms with Crippen molar-refractivity contribution in [1.29, 1.82) is 5.26 Å². The number of anilines is 1. The van der Waals surface area contributed by atoms with Gasteiger partial charge in [-0.05, 0) is 43.0 Å². The summed E-state index contributed by atoms with van der Waals surface area (Å²) in [5.41, 5.74) is -0.113. The highest BCUT2D eigenvalue weighted by Crippen LogP contribution is 2.34. The summed E-state index contributed by atoms with van der Waals surface area (Å²) >= 11 is 0.919. The number of esters is 1. The number of nitrogens with one attached hydrogen (secondary N) is 1. The summed E-state index contributed by atoms with van der Waals surface area (Å²) in [5, 5.41) is 12.4. The van der Waals surface area contributed by atoms with Crippen molar-refractivity contribution < 1.29 is 27.5 Å². The molecule has 2 rings (SSSR count). The van der Waals surface area contributed by atoms with E-state index in [1.54, 1.807) is 6.92 Å². The first kappa shape index (κ1) is 23.4. The first-order valence-electron chi connectivity index (χ1n) is 9.29. The number of ether oxygens (including phenoxy) is 1. The third-order valence-electron chi connectivity index (χ3n) is 4.66. The second-order valence-electron chi connectivity index (χ2n) is 6.65. The molecule has 30 heavy (non-hydrogen) atoms. The van der Waals surface area contributed by atoms with Gasteiger partial charge in [0.25, 0.3) is 0 Å². The summed E-state index contributed by atoms with van der Waals surface area (Å²) in [6.45, 7) is 4.98. The monoisotopic (exact) mass is 438 g/mol. The fourth-order valence-electron chi connectivity index (χ4n) is 2.86. The van der Waals surface area contributed by atoms with Crippen LogP contribution in [0.3, 0.4) is 0 Å². The van der Waals surface area contributed by atoms with Gasteiger partial charge in [-0.15, -0.1) is 11.3 Å². The van der Waals surface area contributed by atoms with E-state index in [0.717, 1.165) is 23.5 Å². The third-order valence-corrected chi connectivity index (χ3v) is 5.85. The molecule has 0 aliphatic rings. The molecule has 0 aliphatic heterocycles. The number of amides is 1. The van der Waals surface area contributed by atoms with Gasteiger partial charge in [0.1, 0.15) is 22.6 Å². The average Bonchev–Trinajstić information content (AvgIpc) is 3.01. The predicted molar refractivity (Wildman–Crippen MR) is 107 cm³/mol. The largest absolute Gasteiger partial charge is 0.457 e. The molecule has 0 atom stereocenters. The van der Waals surface area contributed by atoms with E-state index in [2.05, 4.69) is 5.32 Å². The molecule has 0 unspecified atom stereocenters. The highest BCUT2D eigenvalue weighted by Gasteiger charge is 2.30. The molecular weight excluding hydrogens is 417 g/mol. The van der Waals surface area contributed by atoms with Gasteiger partial charge in [-0.2, -0.15) is 18.4 Å². The second kappa shape index (κ2) is 9.76. The Balaban J connectivity index is 2.18. The smallest absolute Gasteiger partial charge is 0.416 e. The van der Waals surface area contributed by atoms with E-state index in [4.69, 9.17) is 4.74 Å². The molecule has 2 aromatic rings. The molecule has 1 heterocycles. The van der Waals surface area contributed by atoms with Gasteiger partial charge in [-0.3, -0.25) is 4.79 Å². The van der Waals surface area contributed by atoms with E-state index in [1.807, 2.05) is 19.9 Å². The lowest BCUT2D eigenvalue weighted by Crippen LogP contribution is -2.21. The number of halogens is 3. The lowest BCUT2D eigenvalue weighted by Gasteiger charge is -2.11. The molecule has 0 fully saturated rings. The Bertz CT molecular complexity index is 973. The lowest BCUT2D eigenvalue weighted by molar-refractivity contribution is -0.137. The van der Waals surface area contributed by atoms with Crippen molar-refractivity contribution in [3.63, 3.8) is 0 Å². The van der Waals surface area contributed by atoms with Crippen LogP contribution >= 0.6 is 11.3 Å². The predicted octanol–water partition coefficient (Wildman–Crippen LogP) is 5.68. The van der Waals surface area contributed by atoms with Crippen LogP contribution in [0.4, 0.5) is 18.2 Å². The molecule has 1 aromatic heterocycles. The van der Waals surface area contributed by atoms with Crippen LogP contribution in [0.15, 0.2) is 24.3 Å². The van der Waals surface area contributed by atoms with Crippen LogP contribution in [-0.2, 0) is 22.3 Å². The fourth-order valence-corrected chi connectivity index (χ4v) is 3.91. The van der Waals surface area contributed by atoms with Crippen molar-refractivity contribution in [2.24, 2.45) is 5.92 Å². The van der Waals surface area contributed by atoms with Crippen molar-refractivity contribution in [1.82, 2.24) is 0 Å². The molecular formula is C21H21F3N2O3S. The minimum Gasteiger partial charge on any atom is -0.457 e. The normalized spacial score (nSPS) is 11.3. The van der Waals surface area contributed by atoms with Gasteiger partial charge in [0.2, 0.25) is 5.91 Å². The Hall–Kier alpha value is -2.86. The standard InChI is InChI=1S/C21H21F3N2O3S/c1-4-14(5-2)18(27)26-19-16(10-25)12(3)17(30-19)20(28)29-11-13-7-6-8-15(9-13)21(22,23)24/h6-9,14H,4-5,11H2,1-3H3,(H,26,27). The number of benzene rings is 1. The number of alkyl halides is 3. The Morgan fingerprint density at radius 2 is 1.93 bits per heavy atom. The summed E-state index contributed by atoms with van der Waals surface area (Å²) in [6.07, 6.45) is -3.21. The molecule has 1 N–H and O–H groups in total. The van der Waals surface area contributed by atoms with Gasteiger partial charge in [-0.25, -0.2) is 4.79 Å². The van der Waals surface area contributed by atoms with Crippen molar-refractivity contribution in [3.8, 4) is 6.07 Å². The molecule has 1 amide bonds. The molecule has 0 saturated carbocycles. The number of rotatable bonds is 7. The number of hydrogen-bond donors (Lipinski definition) is 1. The number of nitrogens with zero attached hydrogens (tertiary/aromatic N) is 1. The first-order valence-corrected chi connectivity index (χ1v) is 10.1. The first-order chi connectivity index (χ1) is 14.1. The molecule has 0 aliphatic carbocycles. The number of hydrogen-bond acceptors (Lipinski definition) is 5. The number of carbonyl (C=O) groups excluding carboxylic acids is 2. The lowest BCUT2D eigenvalue weighted by atomic mass is 10.0. The Labute approximate surface area is 176 Å². The van der Waals surface area contributed by atoms with E-state index < -0.39 is 17.7 Å². The van der Waals surface area contributed by atoms with E-state index in [9.17, 15) is 28.0 Å². The second-order valence-corrected chi connectivity index (χ2v) is 7.67. The summed E-state index contributed by atoms with van der Waals surface area (Å²) < 4.78 is 43.6. The topological polar surface area (TPSA) is 79.2 Å². The van der Waals surface area contributed by atoms with Crippen molar-refractivity contribution in [3.05, 3.63) is 51.4 Å². The fraction of sp³-hybridized carbons (Fsp3) is 0.381. The summed E-state index contributed by atoms with van der Waals surface area (Å²) in [5.74, 6) is -1.22. The minimum absolute atomic E-state index is 0.123. The number of carbonyl (C=O) groups is 2. The van der Waals surface area contributed by atoms with Gasteiger partial charge >= 0.3 is 12.1 Å². The van der Waals surface area contributed by atoms with E-state index in [-0.39, 0.29) is 39.4 Å². The van der Waals surface area contributed by atoms with Crippen LogP contribution in [0, 0.1) is 24.2 Å². The van der Waals surface area contributed by atoms with E-state index >= 15 is 0 Å². The number of thiophene rings is 1. The highest BCUT2D eigenvalue weighted by atomic mass is 32.1. The summed E-state index contributed by atoms with van der Waals surface area (Å²) in [4.78, 5) is 24.9. The molecule has 160 valence electrons. The van der Waals surface area contributed by atoms with Crippen LogP contribution in [0.1, 0.15) is 58.6 Å². The third kappa shape index (κ3) is 5.39. The van der Waals surface area contributed by atoms with Crippen LogP contribution in [0.2, 0.25) is 0 Å². The summed E-state index contributed by atoms with van der Waals surface area (Å²) in [6, 6.07) is 6.49. The maximum atomic E-state index is 12.8. The van der Waals surface area contributed by atoms with Crippen molar-refractivity contribution in [2.75, 3.05) is 5.32 Å². The zero-order chi connectivity index (χ0) is 22.5.